The SMILES string of the molecule is O=C(CCc1ccccc1F)NC[C@H](c1ccoc1)N1CCSCC1. The highest BCUT2D eigenvalue weighted by atomic mass is 32.2. The Hall–Kier alpha value is -1.79. The molecule has 4 nitrogen and oxygen atoms in total. The number of amides is 1. The third-order valence-electron chi connectivity index (χ3n) is 4.49. The molecule has 134 valence electrons. The molecule has 1 aliphatic rings. The molecular formula is C19H23FN2O2S. The fourth-order valence-electron chi connectivity index (χ4n) is 3.06. The zero-order valence-electron chi connectivity index (χ0n) is 14.1. The van der Waals surface area contributed by atoms with Crippen molar-refractivity contribution < 1.29 is 13.6 Å². The molecule has 1 amide bonds. The number of aryl methyl sites for hydroxylation is 1. The van der Waals surface area contributed by atoms with E-state index in [9.17, 15) is 9.18 Å². The molecule has 1 aromatic heterocycles. The number of benzene rings is 1. The zero-order chi connectivity index (χ0) is 17.5. The third-order valence-corrected chi connectivity index (χ3v) is 5.43. The molecule has 1 saturated heterocycles. The molecule has 1 aromatic carbocycles. The molecule has 0 unspecified atom stereocenters. The Labute approximate surface area is 151 Å². The van der Waals surface area contributed by atoms with Crippen molar-refractivity contribution in [2.45, 2.75) is 18.9 Å². The first-order valence-electron chi connectivity index (χ1n) is 8.58. The van der Waals surface area contributed by atoms with Crippen molar-refractivity contribution in [1.29, 1.82) is 0 Å². The summed E-state index contributed by atoms with van der Waals surface area (Å²) >= 11 is 1.96. The smallest absolute Gasteiger partial charge is 0.220 e. The van der Waals surface area contributed by atoms with E-state index in [2.05, 4.69) is 10.2 Å². The van der Waals surface area contributed by atoms with Gasteiger partial charge in [-0.25, -0.2) is 4.39 Å². The van der Waals surface area contributed by atoms with Crippen molar-refractivity contribution in [2.24, 2.45) is 0 Å². The molecule has 0 radical (unpaired) electrons. The molecule has 0 bridgehead atoms. The van der Waals surface area contributed by atoms with Crippen LogP contribution in [0.25, 0.3) is 0 Å². The number of carbonyl (C=O) groups is 1. The molecule has 2 heterocycles. The van der Waals surface area contributed by atoms with Gasteiger partial charge >= 0.3 is 0 Å². The Balaban J connectivity index is 1.53. The lowest BCUT2D eigenvalue weighted by Gasteiger charge is -2.34. The van der Waals surface area contributed by atoms with Crippen LogP contribution >= 0.6 is 11.8 Å². The summed E-state index contributed by atoms with van der Waals surface area (Å²) in [6.45, 7) is 2.55. The highest BCUT2D eigenvalue weighted by Gasteiger charge is 2.23. The Morgan fingerprint density at radius 2 is 2.08 bits per heavy atom. The number of halogens is 1. The fraction of sp³-hybridized carbons (Fsp3) is 0.421. The topological polar surface area (TPSA) is 45.5 Å². The van der Waals surface area contributed by atoms with Gasteiger partial charge in [-0.1, -0.05) is 18.2 Å². The van der Waals surface area contributed by atoms with Gasteiger partial charge in [0.2, 0.25) is 5.91 Å². The molecule has 0 spiro atoms. The molecule has 1 N–H and O–H groups in total. The number of thioether (sulfide) groups is 1. The Bertz CT molecular complexity index is 672. The second-order valence-electron chi connectivity index (χ2n) is 6.12. The molecule has 1 atom stereocenters. The summed E-state index contributed by atoms with van der Waals surface area (Å²) in [6, 6.07) is 8.68. The first kappa shape index (κ1) is 18.0. The van der Waals surface area contributed by atoms with Gasteiger partial charge < -0.3 is 9.73 Å². The van der Waals surface area contributed by atoms with Crippen molar-refractivity contribution in [1.82, 2.24) is 10.2 Å². The molecule has 25 heavy (non-hydrogen) atoms. The minimum atomic E-state index is -0.252. The number of rotatable bonds is 7. The number of carbonyl (C=O) groups excluding carboxylic acids is 1. The van der Waals surface area contributed by atoms with Crippen molar-refractivity contribution in [2.75, 3.05) is 31.1 Å². The van der Waals surface area contributed by atoms with E-state index in [0.717, 1.165) is 30.2 Å². The number of nitrogens with one attached hydrogen (secondary N) is 1. The summed E-state index contributed by atoms with van der Waals surface area (Å²) in [4.78, 5) is 14.6. The molecule has 3 rings (SSSR count). The summed E-state index contributed by atoms with van der Waals surface area (Å²) in [5.74, 6) is 1.91. The molecule has 1 aliphatic heterocycles. The molecule has 6 heteroatoms. The van der Waals surface area contributed by atoms with Crippen LogP contribution < -0.4 is 5.32 Å². The van der Waals surface area contributed by atoms with Gasteiger partial charge in [0.1, 0.15) is 5.82 Å². The van der Waals surface area contributed by atoms with Crippen LogP contribution in [-0.2, 0) is 11.2 Å². The van der Waals surface area contributed by atoms with Crippen molar-refractivity contribution in [3.63, 3.8) is 0 Å². The predicted molar refractivity (Wildman–Crippen MR) is 98.1 cm³/mol. The largest absolute Gasteiger partial charge is 0.472 e. The lowest BCUT2D eigenvalue weighted by atomic mass is 10.1. The van der Waals surface area contributed by atoms with E-state index in [4.69, 9.17) is 4.42 Å². The summed E-state index contributed by atoms with van der Waals surface area (Å²) in [7, 11) is 0. The van der Waals surface area contributed by atoms with Gasteiger partial charge in [-0.2, -0.15) is 11.8 Å². The minimum Gasteiger partial charge on any atom is -0.472 e. The van der Waals surface area contributed by atoms with Gasteiger partial charge in [0.25, 0.3) is 0 Å². The summed E-state index contributed by atoms with van der Waals surface area (Å²) in [6.07, 6.45) is 4.11. The lowest BCUT2D eigenvalue weighted by molar-refractivity contribution is -0.121. The second kappa shape index (κ2) is 9.06. The highest BCUT2D eigenvalue weighted by Crippen LogP contribution is 2.24. The first-order chi connectivity index (χ1) is 12.2. The molecule has 0 aliphatic carbocycles. The van der Waals surface area contributed by atoms with Gasteiger partial charge in [0.15, 0.2) is 0 Å². The number of furan rings is 1. The monoisotopic (exact) mass is 362 g/mol. The molecule has 0 saturated carbocycles. The normalized spacial score (nSPS) is 16.5. The van der Waals surface area contributed by atoms with Crippen LogP contribution in [-0.4, -0.2) is 41.9 Å². The molecular weight excluding hydrogens is 339 g/mol. The van der Waals surface area contributed by atoms with Crippen LogP contribution in [0.2, 0.25) is 0 Å². The van der Waals surface area contributed by atoms with Gasteiger partial charge in [-0.15, -0.1) is 0 Å². The fourth-order valence-corrected chi connectivity index (χ4v) is 3.99. The van der Waals surface area contributed by atoms with E-state index in [1.807, 2.05) is 17.8 Å². The van der Waals surface area contributed by atoms with E-state index in [1.165, 1.54) is 6.07 Å². The maximum Gasteiger partial charge on any atom is 0.220 e. The molecule has 2 aromatic rings. The van der Waals surface area contributed by atoms with Crippen LogP contribution in [0.5, 0.6) is 0 Å². The van der Waals surface area contributed by atoms with Gasteiger partial charge in [-0.05, 0) is 24.1 Å². The van der Waals surface area contributed by atoms with Gasteiger partial charge in [0.05, 0.1) is 18.6 Å². The Morgan fingerprint density at radius 3 is 2.80 bits per heavy atom. The van der Waals surface area contributed by atoms with Crippen LogP contribution in [0.4, 0.5) is 4.39 Å². The first-order valence-corrected chi connectivity index (χ1v) is 9.73. The third kappa shape index (κ3) is 5.09. The number of hydrogen-bond acceptors (Lipinski definition) is 4. The van der Waals surface area contributed by atoms with E-state index >= 15 is 0 Å². The number of nitrogens with zero attached hydrogens (tertiary/aromatic N) is 1. The average Bonchev–Trinajstić information content (AvgIpc) is 3.16. The van der Waals surface area contributed by atoms with E-state index < -0.39 is 0 Å². The van der Waals surface area contributed by atoms with Crippen molar-refractivity contribution >= 4 is 17.7 Å². The average molecular weight is 362 g/mol. The number of hydrogen-bond donors (Lipinski definition) is 1. The summed E-state index contributed by atoms with van der Waals surface area (Å²) < 4.78 is 18.9. The van der Waals surface area contributed by atoms with Gasteiger partial charge in [0, 0.05) is 43.1 Å². The van der Waals surface area contributed by atoms with Crippen LogP contribution in [0, 0.1) is 5.82 Å². The van der Waals surface area contributed by atoms with E-state index in [-0.39, 0.29) is 24.2 Å². The lowest BCUT2D eigenvalue weighted by Crippen LogP contribution is -2.42. The quantitative estimate of drug-likeness (QED) is 0.821. The summed E-state index contributed by atoms with van der Waals surface area (Å²) in [5, 5.41) is 3.01. The van der Waals surface area contributed by atoms with Crippen LogP contribution in [0.3, 0.4) is 0 Å². The standard InChI is InChI=1S/C19H23FN2O2S/c20-17-4-2-1-3-15(17)5-6-19(23)21-13-18(16-7-10-24-14-16)22-8-11-25-12-9-22/h1-4,7,10,14,18H,5-6,8-9,11-13H2,(H,21,23)/t18-/m1/s1. The highest BCUT2D eigenvalue weighted by molar-refractivity contribution is 7.99. The van der Waals surface area contributed by atoms with Crippen molar-refractivity contribution in [3.05, 3.63) is 59.8 Å². The molecule has 1 fully saturated rings. The summed E-state index contributed by atoms with van der Waals surface area (Å²) in [5.41, 5.74) is 1.67. The van der Waals surface area contributed by atoms with Crippen molar-refractivity contribution in [3.8, 4) is 0 Å². The predicted octanol–water partition coefficient (Wildman–Crippen LogP) is 3.26. The van der Waals surface area contributed by atoms with E-state index in [1.54, 1.807) is 30.7 Å². The minimum absolute atomic E-state index is 0.0527. The van der Waals surface area contributed by atoms with Crippen LogP contribution in [0.15, 0.2) is 47.3 Å². The van der Waals surface area contributed by atoms with Crippen LogP contribution in [0.1, 0.15) is 23.6 Å². The maximum atomic E-state index is 13.6. The van der Waals surface area contributed by atoms with Gasteiger partial charge in [-0.3, -0.25) is 9.69 Å². The van der Waals surface area contributed by atoms with E-state index in [0.29, 0.717) is 18.5 Å². The zero-order valence-corrected chi connectivity index (χ0v) is 14.9. The maximum absolute atomic E-state index is 13.6. The second-order valence-corrected chi connectivity index (χ2v) is 7.34. The Kier molecular flexibility index (Phi) is 6.53. The Morgan fingerprint density at radius 1 is 1.28 bits per heavy atom.